The molecule has 2 aliphatic carbocycles. The summed E-state index contributed by atoms with van der Waals surface area (Å²) in [4.78, 5) is 30.7. The van der Waals surface area contributed by atoms with E-state index in [1.54, 1.807) is 17.1 Å². The fraction of sp³-hybridized carbons (Fsp3) is 0.643. The molecule has 4 rings (SSSR count). The second kappa shape index (κ2) is 5.31. The molecule has 0 saturated heterocycles. The maximum atomic E-state index is 11.2. The van der Waals surface area contributed by atoms with Crippen LogP contribution in [0.5, 0.6) is 0 Å². The number of aliphatic hydroxyl groups is 2. The third-order valence-corrected chi connectivity index (χ3v) is 6.35. The van der Waals surface area contributed by atoms with Gasteiger partial charge in [0.25, 0.3) is 0 Å². The van der Waals surface area contributed by atoms with Crippen LogP contribution in [0.2, 0.25) is 0 Å². The van der Waals surface area contributed by atoms with Crippen LogP contribution in [0.25, 0.3) is 11.2 Å². The Morgan fingerprint density at radius 2 is 2.12 bits per heavy atom. The number of imidazole rings is 1. The van der Waals surface area contributed by atoms with E-state index >= 15 is 0 Å². The molecular weight excluding hydrogens is 335 g/mol. The summed E-state index contributed by atoms with van der Waals surface area (Å²) in [6, 6.07) is -0.315. The van der Waals surface area contributed by atoms with Crippen molar-refractivity contribution in [3.8, 4) is 0 Å². The Kier molecular flexibility index (Phi) is 3.56. The Hall–Kier alpha value is -1.38. The first-order valence-electron chi connectivity index (χ1n) is 7.85. The zero-order valence-electron chi connectivity index (χ0n) is 12.8. The van der Waals surface area contributed by atoms with Gasteiger partial charge in [0.1, 0.15) is 11.8 Å². The minimum atomic E-state index is -4.12. The van der Waals surface area contributed by atoms with Gasteiger partial charge in [0.15, 0.2) is 5.65 Å². The van der Waals surface area contributed by atoms with Crippen LogP contribution < -0.4 is 0 Å². The van der Waals surface area contributed by atoms with Gasteiger partial charge in [-0.3, -0.25) is 4.57 Å². The molecule has 0 bridgehead atoms. The van der Waals surface area contributed by atoms with Crippen LogP contribution in [0, 0.1) is 11.3 Å². The van der Waals surface area contributed by atoms with Crippen LogP contribution >= 0.6 is 7.60 Å². The molecule has 1 unspecified atom stereocenters. The molecule has 2 aliphatic rings. The lowest BCUT2D eigenvalue weighted by Gasteiger charge is -2.37. The molecule has 10 heteroatoms. The number of aromatic nitrogens is 4. The number of nitrogens with zero attached hydrogens (tertiary/aromatic N) is 4. The van der Waals surface area contributed by atoms with Crippen LogP contribution in [0.1, 0.15) is 25.3 Å². The highest BCUT2D eigenvalue weighted by Gasteiger charge is 2.66. The van der Waals surface area contributed by atoms with Crippen molar-refractivity contribution in [2.24, 2.45) is 11.3 Å². The summed E-state index contributed by atoms with van der Waals surface area (Å²) < 4.78 is 13.0. The van der Waals surface area contributed by atoms with Crippen molar-refractivity contribution in [3.63, 3.8) is 0 Å². The molecule has 2 saturated carbocycles. The number of hydrogen-bond donors (Lipinski definition) is 4. The predicted molar refractivity (Wildman–Crippen MR) is 83.1 cm³/mol. The fourth-order valence-corrected chi connectivity index (χ4v) is 4.96. The molecule has 2 aromatic rings. The van der Waals surface area contributed by atoms with Gasteiger partial charge in [-0.2, -0.15) is 0 Å². The van der Waals surface area contributed by atoms with Crippen LogP contribution in [-0.4, -0.2) is 57.9 Å². The van der Waals surface area contributed by atoms with Gasteiger partial charge in [-0.1, -0.05) is 0 Å². The fourth-order valence-electron chi connectivity index (χ4n) is 4.26. The number of rotatable bonds is 4. The highest BCUT2D eigenvalue weighted by atomic mass is 31.2. The normalized spacial score (nSPS) is 35.8. The maximum absolute atomic E-state index is 11.2. The quantitative estimate of drug-likeness (QED) is 0.565. The molecule has 0 radical (unpaired) electrons. The highest BCUT2D eigenvalue weighted by molar-refractivity contribution is 7.51. The first-order chi connectivity index (χ1) is 11.3. The van der Waals surface area contributed by atoms with Crippen molar-refractivity contribution in [3.05, 3.63) is 18.9 Å². The first kappa shape index (κ1) is 16.1. The smallest absolute Gasteiger partial charge is 0.325 e. The highest BCUT2D eigenvalue weighted by Crippen LogP contribution is 2.68. The van der Waals surface area contributed by atoms with E-state index < -0.39 is 25.2 Å². The summed E-state index contributed by atoms with van der Waals surface area (Å²) >= 11 is 0. The van der Waals surface area contributed by atoms with Crippen molar-refractivity contribution >= 4 is 18.8 Å². The molecule has 2 heterocycles. The summed E-state index contributed by atoms with van der Waals surface area (Å²) in [5.41, 5.74) is 0.688. The standard InChI is InChI=1S/C14H19N4O5P/c19-10-3-11(20)14(1-2-24(21,22)23)4-8(14)12(10)18-7-17-9-5-15-6-16-13(9)18/h5-8,10-12,19-20H,1-4H2,(H2,21,22,23)/t8-,10-,11+,12?,14-/m1/s1. The van der Waals surface area contributed by atoms with Crippen LogP contribution in [0.3, 0.4) is 0 Å². The average Bonchev–Trinajstić information content (AvgIpc) is 3.11. The minimum absolute atomic E-state index is 0.0600. The second-order valence-electron chi connectivity index (χ2n) is 6.87. The van der Waals surface area contributed by atoms with E-state index in [0.717, 1.165) is 0 Å². The van der Waals surface area contributed by atoms with E-state index in [-0.39, 0.29) is 31.0 Å². The van der Waals surface area contributed by atoms with Gasteiger partial charge in [-0.25, -0.2) is 15.0 Å². The predicted octanol–water partition coefficient (Wildman–Crippen LogP) is 0.0670. The lowest BCUT2D eigenvalue weighted by Crippen LogP contribution is -2.41. The minimum Gasteiger partial charge on any atom is -0.392 e. The summed E-state index contributed by atoms with van der Waals surface area (Å²) in [6.07, 6.45) is 3.89. The van der Waals surface area contributed by atoms with Gasteiger partial charge in [0, 0.05) is 11.8 Å². The van der Waals surface area contributed by atoms with Gasteiger partial charge < -0.3 is 24.6 Å². The second-order valence-corrected chi connectivity index (χ2v) is 8.65. The van der Waals surface area contributed by atoms with Gasteiger partial charge in [0.05, 0.1) is 36.9 Å². The summed E-state index contributed by atoms with van der Waals surface area (Å²) in [5, 5.41) is 20.9. The van der Waals surface area contributed by atoms with E-state index in [1.807, 2.05) is 0 Å². The van der Waals surface area contributed by atoms with Gasteiger partial charge in [-0.05, 0) is 18.8 Å². The molecule has 2 aromatic heterocycles. The maximum Gasteiger partial charge on any atom is 0.325 e. The van der Waals surface area contributed by atoms with E-state index in [0.29, 0.717) is 17.6 Å². The van der Waals surface area contributed by atoms with E-state index in [9.17, 15) is 14.8 Å². The Morgan fingerprint density at radius 3 is 2.88 bits per heavy atom. The molecule has 0 aromatic carbocycles. The summed E-state index contributed by atoms with van der Waals surface area (Å²) in [7, 11) is -4.12. The third-order valence-electron chi connectivity index (χ3n) is 5.54. The zero-order chi connectivity index (χ0) is 17.1. The Morgan fingerprint density at radius 1 is 1.33 bits per heavy atom. The SMILES string of the molecule is O=P(O)(O)CC[C@@]12C[C@@H]1C(n1cnc3cncnc31)[C@H](O)C[C@@H]2O. The van der Waals surface area contributed by atoms with Crippen molar-refractivity contribution in [1.29, 1.82) is 0 Å². The lowest BCUT2D eigenvalue weighted by molar-refractivity contribution is -0.0362. The van der Waals surface area contributed by atoms with E-state index in [2.05, 4.69) is 15.0 Å². The molecule has 5 atom stereocenters. The average molecular weight is 354 g/mol. The first-order valence-corrected chi connectivity index (χ1v) is 9.65. The van der Waals surface area contributed by atoms with E-state index in [1.165, 1.54) is 6.33 Å². The van der Waals surface area contributed by atoms with Crippen molar-refractivity contribution in [2.75, 3.05) is 6.16 Å². The van der Waals surface area contributed by atoms with Crippen LogP contribution in [-0.2, 0) is 4.57 Å². The molecule has 4 N–H and O–H groups in total. The monoisotopic (exact) mass is 354 g/mol. The zero-order valence-corrected chi connectivity index (χ0v) is 13.7. The van der Waals surface area contributed by atoms with Crippen LogP contribution in [0.4, 0.5) is 0 Å². The van der Waals surface area contributed by atoms with Crippen molar-refractivity contribution in [2.45, 2.75) is 37.5 Å². The molecular formula is C14H19N4O5P. The molecule has 130 valence electrons. The molecule has 2 fully saturated rings. The number of aliphatic hydroxyl groups excluding tert-OH is 2. The number of hydrogen-bond acceptors (Lipinski definition) is 6. The lowest BCUT2D eigenvalue weighted by atomic mass is 9.79. The Bertz CT molecular complexity index is 822. The molecule has 9 nitrogen and oxygen atoms in total. The van der Waals surface area contributed by atoms with Crippen molar-refractivity contribution in [1.82, 2.24) is 19.5 Å². The van der Waals surface area contributed by atoms with Gasteiger partial charge in [-0.15, -0.1) is 0 Å². The largest absolute Gasteiger partial charge is 0.392 e. The number of fused-ring (bicyclic) bond motifs is 2. The third kappa shape index (κ3) is 2.48. The summed E-state index contributed by atoms with van der Waals surface area (Å²) in [5.74, 6) is -0.0600. The van der Waals surface area contributed by atoms with Crippen LogP contribution in [0.15, 0.2) is 18.9 Å². The molecule has 0 spiro atoms. The van der Waals surface area contributed by atoms with E-state index in [4.69, 9.17) is 9.79 Å². The molecule has 24 heavy (non-hydrogen) atoms. The Balaban J connectivity index is 1.66. The molecule has 0 aliphatic heterocycles. The van der Waals surface area contributed by atoms with Gasteiger partial charge in [0.2, 0.25) is 0 Å². The Labute approximate surface area is 137 Å². The topological polar surface area (TPSA) is 142 Å². The van der Waals surface area contributed by atoms with Crippen molar-refractivity contribution < 1.29 is 24.6 Å². The summed E-state index contributed by atoms with van der Waals surface area (Å²) in [6.45, 7) is 0. The molecule has 0 amide bonds. The van der Waals surface area contributed by atoms with Gasteiger partial charge >= 0.3 is 7.60 Å².